The first kappa shape index (κ1) is 21.1. The maximum Gasteiger partial charge on any atom is 0.308 e. The van der Waals surface area contributed by atoms with E-state index in [0.29, 0.717) is 0 Å². The number of esters is 1. The van der Waals surface area contributed by atoms with Crippen LogP contribution in [0.4, 0.5) is 0 Å². The highest BCUT2D eigenvalue weighted by Gasteiger charge is 2.14. The molecular weight excluding hydrogens is 298 g/mol. The summed E-state index contributed by atoms with van der Waals surface area (Å²) < 4.78 is 4.93. The number of ether oxygens (including phenoxy) is 1. The van der Waals surface area contributed by atoms with Gasteiger partial charge in [0.25, 0.3) is 0 Å². The van der Waals surface area contributed by atoms with Crippen molar-refractivity contribution in [1.29, 1.82) is 0 Å². The largest absolute Gasteiger partial charge is 0.461 e. The van der Waals surface area contributed by atoms with Crippen LogP contribution in [-0.4, -0.2) is 33.8 Å². The summed E-state index contributed by atoms with van der Waals surface area (Å²) in [5.74, 6) is -1.20. The van der Waals surface area contributed by atoms with Crippen molar-refractivity contribution in [2.75, 3.05) is 0 Å². The Morgan fingerprint density at radius 2 is 1.74 bits per heavy atom. The number of amides is 1. The van der Waals surface area contributed by atoms with Crippen LogP contribution in [0, 0.1) is 0 Å². The summed E-state index contributed by atoms with van der Waals surface area (Å²) in [4.78, 5) is 21.8. The van der Waals surface area contributed by atoms with E-state index in [0.717, 1.165) is 12.0 Å². The van der Waals surface area contributed by atoms with Gasteiger partial charge in [-0.1, -0.05) is 37.3 Å². The van der Waals surface area contributed by atoms with Crippen LogP contribution in [-0.2, 0) is 20.9 Å². The number of rotatable bonds is 7. The van der Waals surface area contributed by atoms with Crippen molar-refractivity contribution in [2.24, 2.45) is 5.73 Å². The van der Waals surface area contributed by atoms with E-state index < -0.39 is 23.6 Å². The summed E-state index contributed by atoms with van der Waals surface area (Å²) in [6.45, 7) is 5.71. The molecule has 6 nitrogen and oxygen atoms in total. The predicted octanol–water partition coefficient (Wildman–Crippen LogP) is 1.52. The molecule has 0 heterocycles. The zero-order chi connectivity index (χ0) is 17.9. The average Bonchev–Trinajstić information content (AvgIpc) is 2.45. The number of nitrogens with two attached hydrogens (primary N) is 1. The molecule has 0 unspecified atom stereocenters. The zero-order valence-corrected chi connectivity index (χ0v) is 14.0. The number of hydrogen-bond acceptors (Lipinski definition) is 5. The lowest BCUT2D eigenvalue weighted by atomic mass is 10.1. The van der Waals surface area contributed by atoms with Crippen LogP contribution < -0.4 is 5.73 Å². The van der Waals surface area contributed by atoms with Crippen LogP contribution in [0.1, 0.15) is 45.6 Å². The van der Waals surface area contributed by atoms with Gasteiger partial charge in [0.15, 0.2) is 0 Å². The highest BCUT2D eigenvalue weighted by molar-refractivity contribution is 5.76. The van der Waals surface area contributed by atoms with Crippen molar-refractivity contribution in [3.63, 3.8) is 0 Å². The van der Waals surface area contributed by atoms with Gasteiger partial charge in [-0.15, -0.1) is 0 Å². The zero-order valence-electron chi connectivity index (χ0n) is 14.0. The standard InChI is InChI=1S/C12H15NO4.C5H12O/c13-11(15)6-10(14)7-12(16)17-8-9-4-2-1-3-5-9;1-4-5(2,3)6/h1-5,10,14H,6-8H2,(H2,13,15);6H,4H2,1-3H3/t10-;/m0./s1. The second-order valence-electron chi connectivity index (χ2n) is 5.84. The molecule has 0 radical (unpaired) electrons. The topological polar surface area (TPSA) is 110 Å². The molecule has 130 valence electrons. The van der Waals surface area contributed by atoms with Crippen molar-refractivity contribution in [3.8, 4) is 0 Å². The second-order valence-corrected chi connectivity index (χ2v) is 5.84. The summed E-state index contributed by atoms with van der Waals surface area (Å²) in [6.07, 6.45) is -0.709. The second kappa shape index (κ2) is 10.7. The van der Waals surface area contributed by atoms with E-state index in [1.807, 2.05) is 37.3 Å². The quantitative estimate of drug-likeness (QED) is 0.658. The molecule has 0 aliphatic carbocycles. The first-order valence-corrected chi connectivity index (χ1v) is 7.52. The molecule has 0 aromatic heterocycles. The molecule has 1 rings (SSSR count). The van der Waals surface area contributed by atoms with Gasteiger partial charge in [0.1, 0.15) is 6.61 Å². The van der Waals surface area contributed by atoms with Crippen LogP contribution >= 0.6 is 0 Å². The molecule has 0 spiro atoms. The van der Waals surface area contributed by atoms with Gasteiger partial charge in [0.2, 0.25) is 5.91 Å². The van der Waals surface area contributed by atoms with Gasteiger partial charge < -0.3 is 20.7 Å². The number of aliphatic hydroxyl groups is 2. The molecule has 1 atom stereocenters. The molecule has 0 fully saturated rings. The minimum atomic E-state index is -1.07. The molecule has 0 aliphatic rings. The average molecular weight is 325 g/mol. The van der Waals surface area contributed by atoms with Crippen molar-refractivity contribution in [3.05, 3.63) is 35.9 Å². The molecule has 0 bridgehead atoms. The van der Waals surface area contributed by atoms with Crippen LogP contribution in [0.2, 0.25) is 0 Å². The van der Waals surface area contributed by atoms with Crippen LogP contribution in [0.3, 0.4) is 0 Å². The highest BCUT2D eigenvalue weighted by atomic mass is 16.5. The lowest BCUT2D eigenvalue weighted by Gasteiger charge is -2.11. The number of carbonyl (C=O) groups is 2. The fraction of sp³-hybridized carbons (Fsp3) is 0.529. The fourth-order valence-electron chi connectivity index (χ4n) is 1.29. The van der Waals surface area contributed by atoms with E-state index in [1.54, 1.807) is 13.8 Å². The molecule has 0 saturated carbocycles. The Morgan fingerprint density at radius 3 is 2.17 bits per heavy atom. The summed E-state index contributed by atoms with van der Waals surface area (Å²) in [6, 6.07) is 9.19. The predicted molar refractivity (Wildman–Crippen MR) is 87.3 cm³/mol. The number of primary amides is 1. The lowest BCUT2D eigenvalue weighted by Crippen LogP contribution is -2.23. The Morgan fingerprint density at radius 1 is 1.22 bits per heavy atom. The third-order valence-corrected chi connectivity index (χ3v) is 2.95. The Hall–Kier alpha value is -1.92. The lowest BCUT2D eigenvalue weighted by molar-refractivity contribution is -0.147. The third kappa shape index (κ3) is 13.5. The maximum absolute atomic E-state index is 11.3. The van der Waals surface area contributed by atoms with Crippen LogP contribution in [0.25, 0.3) is 0 Å². The maximum atomic E-state index is 11.3. The minimum absolute atomic E-state index is 0.156. The first-order valence-electron chi connectivity index (χ1n) is 7.52. The van der Waals surface area contributed by atoms with Crippen molar-refractivity contribution < 1.29 is 24.5 Å². The van der Waals surface area contributed by atoms with Crippen LogP contribution in [0.5, 0.6) is 0 Å². The summed E-state index contributed by atoms with van der Waals surface area (Å²) >= 11 is 0. The summed E-state index contributed by atoms with van der Waals surface area (Å²) in [5, 5.41) is 18.1. The van der Waals surface area contributed by atoms with Gasteiger partial charge in [0, 0.05) is 0 Å². The van der Waals surface area contributed by atoms with Gasteiger partial charge in [-0.05, 0) is 25.8 Å². The molecule has 0 aliphatic heterocycles. The molecule has 4 N–H and O–H groups in total. The molecule has 23 heavy (non-hydrogen) atoms. The van der Waals surface area contributed by atoms with Crippen molar-refractivity contribution >= 4 is 11.9 Å². The Bertz CT molecular complexity index is 468. The first-order chi connectivity index (χ1) is 10.6. The molecule has 0 saturated heterocycles. The monoisotopic (exact) mass is 325 g/mol. The van der Waals surface area contributed by atoms with Crippen molar-refractivity contribution in [2.45, 2.75) is 58.3 Å². The minimum Gasteiger partial charge on any atom is -0.461 e. The van der Waals surface area contributed by atoms with Crippen molar-refractivity contribution in [1.82, 2.24) is 0 Å². The van der Waals surface area contributed by atoms with E-state index >= 15 is 0 Å². The van der Waals surface area contributed by atoms with Gasteiger partial charge in [-0.3, -0.25) is 9.59 Å². The third-order valence-electron chi connectivity index (χ3n) is 2.95. The normalized spacial score (nSPS) is 11.9. The van der Waals surface area contributed by atoms with E-state index in [2.05, 4.69) is 0 Å². The molecule has 6 heteroatoms. The van der Waals surface area contributed by atoms with Gasteiger partial charge in [0.05, 0.1) is 24.5 Å². The molecule has 1 amide bonds. The van der Waals surface area contributed by atoms with E-state index in [1.165, 1.54) is 0 Å². The van der Waals surface area contributed by atoms with Gasteiger partial charge in [-0.2, -0.15) is 0 Å². The van der Waals surface area contributed by atoms with E-state index in [9.17, 15) is 14.7 Å². The number of benzene rings is 1. The number of hydrogen-bond donors (Lipinski definition) is 3. The SMILES string of the molecule is CCC(C)(C)O.NC(=O)C[C@H](O)CC(=O)OCc1ccccc1. The Balaban J connectivity index is 0.000000688. The summed E-state index contributed by atoms with van der Waals surface area (Å²) in [7, 11) is 0. The summed E-state index contributed by atoms with van der Waals surface area (Å²) in [5.41, 5.74) is 5.29. The van der Waals surface area contributed by atoms with Gasteiger partial charge >= 0.3 is 5.97 Å². The molecular formula is C17H27NO5. The number of carbonyl (C=O) groups excluding carboxylic acids is 2. The van der Waals surface area contributed by atoms with Gasteiger partial charge in [-0.25, -0.2) is 0 Å². The molecule has 1 aromatic carbocycles. The number of aliphatic hydroxyl groups excluding tert-OH is 1. The molecule has 1 aromatic rings. The fourth-order valence-corrected chi connectivity index (χ4v) is 1.29. The smallest absolute Gasteiger partial charge is 0.308 e. The Kier molecular flexibility index (Phi) is 9.85. The van der Waals surface area contributed by atoms with E-state index in [4.69, 9.17) is 15.6 Å². The Labute approximate surface area is 137 Å². The van der Waals surface area contributed by atoms with E-state index in [-0.39, 0.29) is 19.4 Å². The highest BCUT2D eigenvalue weighted by Crippen LogP contribution is 2.04. The van der Waals surface area contributed by atoms with Crippen LogP contribution in [0.15, 0.2) is 30.3 Å².